The van der Waals surface area contributed by atoms with Gasteiger partial charge in [0.2, 0.25) is 0 Å². The Morgan fingerprint density at radius 1 is 1.14 bits per heavy atom. The average Bonchev–Trinajstić information content (AvgIpc) is 2.56. The fraction of sp³-hybridized carbons (Fsp3) is 0.375. The maximum Gasteiger partial charge on any atom is 0.161 e. The van der Waals surface area contributed by atoms with Crippen LogP contribution in [-0.4, -0.2) is 36.1 Å². The molecule has 0 bridgehead atoms. The molecule has 0 unspecified atom stereocenters. The molecule has 1 aliphatic heterocycles. The van der Waals surface area contributed by atoms with Gasteiger partial charge in [-0.1, -0.05) is 18.5 Å². The molecule has 1 N–H and O–H groups in total. The van der Waals surface area contributed by atoms with Crippen LogP contribution < -0.4 is 10.2 Å². The summed E-state index contributed by atoms with van der Waals surface area (Å²) < 4.78 is 0. The third-order valence-electron chi connectivity index (χ3n) is 3.67. The molecular formula is C16H19ClN4. The van der Waals surface area contributed by atoms with E-state index < -0.39 is 0 Å². The van der Waals surface area contributed by atoms with Crippen molar-refractivity contribution in [2.75, 3.05) is 31.1 Å². The van der Waals surface area contributed by atoms with E-state index in [1.807, 2.05) is 24.3 Å². The highest BCUT2D eigenvalue weighted by Crippen LogP contribution is 2.22. The number of rotatable bonds is 3. The Bertz CT molecular complexity index is 606. The standard InChI is InChI=1S/C16H19ClN4/c1-2-14-11-15(21-9-7-18-8-10-21)20-16(19-14)12-3-5-13(17)6-4-12/h3-6,11,18H,2,7-10H2,1H3. The normalized spacial score (nSPS) is 15.2. The van der Waals surface area contributed by atoms with Gasteiger partial charge in [-0.15, -0.1) is 0 Å². The number of aromatic nitrogens is 2. The number of nitrogens with zero attached hydrogens (tertiary/aromatic N) is 3. The predicted molar refractivity (Wildman–Crippen MR) is 86.9 cm³/mol. The number of piperazine rings is 1. The summed E-state index contributed by atoms with van der Waals surface area (Å²) in [5, 5.41) is 4.10. The van der Waals surface area contributed by atoms with Crippen LogP contribution in [0.5, 0.6) is 0 Å². The fourth-order valence-corrected chi connectivity index (χ4v) is 2.57. The molecule has 1 fully saturated rings. The summed E-state index contributed by atoms with van der Waals surface area (Å²) in [6, 6.07) is 9.80. The van der Waals surface area contributed by atoms with Gasteiger partial charge in [-0.25, -0.2) is 9.97 Å². The second-order valence-corrected chi connectivity index (χ2v) is 5.58. The second-order valence-electron chi connectivity index (χ2n) is 5.14. The fourth-order valence-electron chi connectivity index (χ4n) is 2.45. The first-order valence-electron chi connectivity index (χ1n) is 7.36. The van der Waals surface area contributed by atoms with E-state index in [0.29, 0.717) is 0 Å². The van der Waals surface area contributed by atoms with E-state index in [1.54, 1.807) is 0 Å². The van der Waals surface area contributed by atoms with Gasteiger partial charge in [-0.3, -0.25) is 0 Å². The minimum atomic E-state index is 0.729. The zero-order chi connectivity index (χ0) is 14.7. The first-order chi connectivity index (χ1) is 10.3. The summed E-state index contributed by atoms with van der Waals surface area (Å²) in [6.45, 7) is 6.10. The number of nitrogens with one attached hydrogen (secondary N) is 1. The monoisotopic (exact) mass is 302 g/mol. The van der Waals surface area contributed by atoms with Gasteiger partial charge in [0.05, 0.1) is 0 Å². The molecule has 3 rings (SSSR count). The lowest BCUT2D eigenvalue weighted by molar-refractivity contribution is 0.584. The summed E-state index contributed by atoms with van der Waals surface area (Å²) in [4.78, 5) is 11.7. The van der Waals surface area contributed by atoms with E-state index in [9.17, 15) is 0 Å². The third-order valence-corrected chi connectivity index (χ3v) is 3.92. The summed E-state index contributed by atoms with van der Waals surface area (Å²) in [5.74, 6) is 1.80. The molecule has 1 aromatic heterocycles. The Balaban J connectivity index is 1.98. The van der Waals surface area contributed by atoms with Crippen molar-refractivity contribution in [1.29, 1.82) is 0 Å². The van der Waals surface area contributed by atoms with E-state index in [4.69, 9.17) is 16.6 Å². The van der Waals surface area contributed by atoms with Gasteiger partial charge in [0.15, 0.2) is 5.82 Å². The Morgan fingerprint density at radius 2 is 1.86 bits per heavy atom. The van der Waals surface area contributed by atoms with Gasteiger partial charge in [0.25, 0.3) is 0 Å². The number of anilines is 1. The molecule has 2 heterocycles. The van der Waals surface area contributed by atoms with Crippen molar-refractivity contribution >= 4 is 17.4 Å². The lowest BCUT2D eigenvalue weighted by atomic mass is 10.2. The van der Waals surface area contributed by atoms with Gasteiger partial charge in [-0.05, 0) is 30.7 Å². The zero-order valence-electron chi connectivity index (χ0n) is 12.1. The highest BCUT2D eigenvalue weighted by atomic mass is 35.5. The van der Waals surface area contributed by atoms with Crippen molar-refractivity contribution in [3.8, 4) is 11.4 Å². The molecule has 0 aliphatic carbocycles. The van der Waals surface area contributed by atoms with Crippen molar-refractivity contribution < 1.29 is 0 Å². The van der Waals surface area contributed by atoms with Crippen LogP contribution in [0.25, 0.3) is 11.4 Å². The Morgan fingerprint density at radius 3 is 2.52 bits per heavy atom. The van der Waals surface area contributed by atoms with Crippen LogP contribution in [0.2, 0.25) is 5.02 Å². The van der Waals surface area contributed by atoms with Crippen molar-refractivity contribution in [3.05, 3.63) is 41.0 Å². The van der Waals surface area contributed by atoms with Crippen LogP contribution in [0.3, 0.4) is 0 Å². The van der Waals surface area contributed by atoms with Crippen LogP contribution >= 0.6 is 11.6 Å². The van der Waals surface area contributed by atoms with Gasteiger partial charge in [0, 0.05) is 48.5 Å². The Labute approximate surface area is 130 Å². The van der Waals surface area contributed by atoms with E-state index in [0.717, 1.165) is 60.5 Å². The molecule has 4 nitrogen and oxygen atoms in total. The highest BCUT2D eigenvalue weighted by molar-refractivity contribution is 6.30. The van der Waals surface area contributed by atoms with E-state index in [-0.39, 0.29) is 0 Å². The Kier molecular flexibility index (Phi) is 4.36. The molecule has 5 heteroatoms. The summed E-state index contributed by atoms with van der Waals surface area (Å²) in [7, 11) is 0. The van der Waals surface area contributed by atoms with Crippen LogP contribution in [0, 0.1) is 0 Å². The first-order valence-corrected chi connectivity index (χ1v) is 7.73. The molecule has 0 amide bonds. The number of aryl methyl sites for hydroxylation is 1. The van der Waals surface area contributed by atoms with Gasteiger partial charge in [0.1, 0.15) is 5.82 Å². The molecular weight excluding hydrogens is 284 g/mol. The topological polar surface area (TPSA) is 41.0 Å². The molecule has 0 spiro atoms. The van der Waals surface area contributed by atoms with Crippen LogP contribution in [0.15, 0.2) is 30.3 Å². The average molecular weight is 303 g/mol. The molecule has 21 heavy (non-hydrogen) atoms. The molecule has 1 saturated heterocycles. The number of halogens is 1. The predicted octanol–water partition coefficient (Wildman–Crippen LogP) is 2.77. The van der Waals surface area contributed by atoms with Gasteiger partial charge < -0.3 is 10.2 Å². The number of benzene rings is 1. The summed E-state index contributed by atoms with van der Waals surface area (Å²) in [5.41, 5.74) is 2.08. The Hall–Kier alpha value is -1.65. The molecule has 0 saturated carbocycles. The smallest absolute Gasteiger partial charge is 0.161 e. The number of hydrogen-bond donors (Lipinski definition) is 1. The number of hydrogen-bond acceptors (Lipinski definition) is 4. The highest BCUT2D eigenvalue weighted by Gasteiger charge is 2.14. The van der Waals surface area contributed by atoms with E-state index in [2.05, 4.69) is 28.2 Å². The van der Waals surface area contributed by atoms with Crippen LogP contribution in [0.1, 0.15) is 12.6 Å². The molecule has 110 valence electrons. The maximum absolute atomic E-state index is 5.95. The van der Waals surface area contributed by atoms with Crippen LogP contribution in [-0.2, 0) is 6.42 Å². The first kappa shape index (κ1) is 14.3. The SMILES string of the molecule is CCc1cc(N2CCNCC2)nc(-c2ccc(Cl)cc2)n1. The molecule has 1 aromatic carbocycles. The van der Waals surface area contributed by atoms with Crippen molar-refractivity contribution in [1.82, 2.24) is 15.3 Å². The summed E-state index contributed by atoms with van der Waals surface area (Å²) in [6.07, 6.45) is 0.905. The quantitative estimate of drug-likeness (QED) is 0.946. The minimum Gasteiger partial charge on any atom is -0.354 e. The van der Waals surface area contributed by atoms with Crippen molar-refractivity contribution in [3.63, 3.8) is 0 Å². The molecule has 0 radical (unpaired) electrons. The molecule has 0 atom stereocenters. The van der Waals surface area contributed by atoms with Crippen molar-refractivity contribution in [2.45, 2.75) is 13.3 Å². The lowest BCUT2D eigenvalue weighted by Gasteiger charge is -2.28. The van der Waals surface area contributed by atoms with Crippen LogP contribution in [0.4, 0.5) is 5.82 Å². The van der Waals surface area contributed by atoms with E-state index in [1.165, 1.54) is 0 Å². The minimum absolute atomic E-state index is 0.729. The van der Waals surface area contributed by atoms with E-state index >= 15 is 0 Å². The second kappa shape index (κ2) is 6.41. The maximum atomic E-state index is 5.95. The zero-order valence-corrected chi connectivity index (χ0v) is 12.9. The lowest BCUT2D eigenvalue weighted by Crippen LogP contribution is -2.44. The third kappa shape index (κ3) is 3.34. The molecule has 1 aliphatic rings. The van der Waals surface area contributed by atoms with Crippen molar-refractivity contribution in [2.24, 2.45) is 0 Å². The van der Waals surface area contributed by atoms with Gasteiger partial charge >= 0.3 is 0 Å². The molecule has 2 aromatic rings. The summed E-state index contributed by atoms with van der Waals surface area (Å²) >= 11 is 5.95. The van der Waals surface area contributed by atoms with Gasteiger partial charge in [-0.2, -0.15) is 0 Å². The largest absolute Gasteiger partial charge is 0.354 e.